The van der Waals surface area contributed by atoms with Gasteiger partial charge in [0.1, 0.15) is 17.2 Å². The maximum atomic E-state index is 15.7. The molecule has 0 bridgehead atoms. The highest BCUT2D eigenvalue weighted by molar-refractivity contribution is 7.14. The Morgan fingerprint density at radius 1 is 0.586 bits per heavy atom. The summed E-state index contributed by atoms with van der Waals surface area (Å²) in [7, 11) is 0. The number of ether oxygens (including phenoxy) is 1. The number of hydrogen-bond donors (Lipinski definition) is 3. The molecule has 8 aromatic rings. The molecule has 2 saturated heterocycles. The van der Waals surface area contributed by atoms with Crippen molar-refractivity contribution in [3.05, 3.63) is 165 Å². The zero-order chi connectivity index (χ0) is 60.1. The van der Waals surface area contributed by atoms with Crippen LogP contribution in [0.25, 0.3) is 22.3 Å². The molecule has 6 aliphatic rings. The van der Waals surface area contributed by atoms with Crippen LogP contribution in [-0.4, -0.2) is 131 Å². The van der Waals surface area contributed by atoms with E-state index >= 15 is 8.78 Å². The van der Waals surface area contributed by atoms with Gasteiger partial charge in [0.2, 0.25) is 0 Å². The second kappa shape index (κ2) is 23.8. The van der Waals surface area contributed by atoms with Gasteiger partial charge in [0.15, 0.2) is 22.3 Å². The van der Waals surface area contributed by atoms with Gasteiger partial charge < -0.3 is 43.7 Å². The first-order chi connectivity index (χ1) is 42.1. The van der Waals surface area contributed by atoms with E-state index in [1.54, 1.807) is 52.8 Å². The molecule has 3 N–H and O–H groups in total. The van der Waals surface area contributed by atoms with Gasteiger partial charge in [-0.05, 0) is 117 Å². The Labute approximate surface area is 508 Å². The zero-order valence-electron chi connectivity index (χ0n) is 48.3. The number of fused-ring (bicyclic) bond motifs is 4. The fraction of sp³-hybridized carbons (Fsp3) is 0.349. The van der Waals surface area contributed by atoms with Crippen molar-refractivity contribution in [2.75, 3.05) is 72.8 Å². The van der Waals surface area contributed by atoms with E-state index in [0.717, 1.165) is 98.8 Å². The molecular formula is C63H64F2N14O6S2. The Hall–Kier alpha value is -8.87. The lowest BCUT2D eigenvalue weighted by Crippen LogP contribution is -2.50. The van der Waals surface area contributed by atoms with Crippen molar-refractivity contribution in [3.63, 3.8) is 0 Å². The number of rotatable bonds is 12. The van der Waals surface area contributed by atoms with E-state index in [2.05, 4.69) is 45.7 Å². The molecule has 4 aromatic carbocycles. The molecule has 2 fully saturated rings. The average Bonchev–Trinajstić information content (AvgIpc) is 1.72. The van der Waals surface area contributed by atoms with Gasteiger partial charge in [0.05, 0.1) is 37.1 Å². The number of nitrogens with zero attached hydrogens (tertiary/aromatic N) is 11. The summed E-state index contributed by atoms with van der Waals surface area (Å²) in [6.45, 7) is 13.3. The molecule has 0 spiro atoms. The molecule has 5 amide bonds. The number of nitrogens with one attached hydrogen (secondary N) is 3. The summed E-state index contributed by atoms with van der Waals surface area (Å²) in [5.41, 5.74) is 8.36. The van der Waals surface area contributed by atoms with Crippen LogP contribution < -0.4 is 25.8 Å². The molecule has 14 rings (SSSR count). The topological polar surface area (TPSA) is 208 Å². The number of halogens is 2. The first kappa shape index (κ1) is 57.2. The Kier molecular flexibility index (Phi) is 15.6. The van der Waals surface area contributed by atoms with Gasteiger partial charge >= 0.3 is 6.09 Å². The lowest BCUT2D eigenvalue weighted by atomic mass is 9.99. The number of hydrogen-bond acceptors (Lipinski definition) is 15. The number of benzene rings is 4. The number of anilines is 4. The first-order valence-corrected chi connectivity index (χ1v) is 31.0. The molecule has 0 saturated carbocycles. The molecule has 448 valence electrons. The number of aromatic nitrogens is 6. The van der Waals surface area contributed by atoms with Crippen LogP contribution in [0.3, 0.4) is 0 Å². The number of amides is 5. The van der Waals surface area contributed by atoms with Crippen molar-refractivity contribution >= 4 is 74.0 Å². The minimum Gasteiger partial charge on any atom is -0.444 e. The minimum absolute atomic E-state index is 0.00946. The van der Waals surface area contributed by atoms with Crippen LogP contribution in [0.4, 0.5) is 35.2 Å². The molecule has 87 heavy (non-hydrogen) atoms. The number of piperazine rings is 2. The lowest BCUT2D eigenvalue weighted by Gasteiger charge is -2.36. The molecule has 6 aliphatic heterocycles. The normalized spacial score (nSPS) is 16.9. The third kappa shape index (κ3) is 11.6. The average molecular weight is 1220 g/mol. The van der Waals surface area contributed by atoms with Gasteiger partial charge in [-0.2, -0.15) is 0 Å². The Morgan fingerprint density at radius 2 is 1.03 bits per heavy atom. The van der Waals surface area contributed by atoms with Crippen molar-refractivity contribution in [2.24, 2.45) is 0 Å². The van der Waals surface area contributed by atoms with Crippen molar-refractivity contribution in [1.29, 1.82) is 0 Å². The van der Waals surface area contributed by atoms with E-state index in [9.17, 15) is 24.0 Å². The second-order valence-electron chi connectivity index (χ2n) is 23.3. The third-order valence-electron chi connectivity index (χ3n) is 16.8. The summed E-state index contributed by atoms with van der Waals surface area (Å²) in [6.07, 6.45) is 9.72. The van der Waals surface area contributed by atoms with Gasteiger partial charge in [-0.3, -0.25) is 29.8 Å². The van der Waals surface area contributed by atoms with Crippen molar-refractivity contribution in [3.8, 4) is 22.3 Å². The predicted octanol–water partition coefficient (Wildman–Crippen LogP) is 9.32. The van der Waals surface area contributed by atoms with Crippen LogP contribution in [0, 0.1) is 11.6 Å². The number of carbonyl (C=O) groups excluding carboxylic acids is 5. The monoisotopic (exact) mass is 1210 g/mol. The molecule has 4 aromatic heterocycles. The number of carbonyl (C=O) groups is 5. The largest absolute Gasteiger partial charge is 0.444 e. The smallest absolute Gasteiger partial charge is 0.410 e. The maximum Gasteiger partial charge on any atom is 0.410 e. The molecule has 0 radical (unpaired) electrons. The standard InChI is InChI=1S/C34H36FN7O4S.C29H28FN7O2S/c1-34(2,3)46-33(45)40-14-12-39(13-15-40)23-8-6-21(7-9-23)22-17-24-25(26(35)18-22)19-42(31(24)44)29(30(43)38-32-36-10-16-47-32)28-27-5-4-11-41(27)20-37-28;30-23-15-19(18-3-5-20(6-4-18)35-11-7-31-8-12-35)14-21-22(23)16-37(28(21)39)26(27(38)34-29-32-9-13-40-29)25-24-2-1-10-36(24)17-33-25/h6-10,16-18,20,29H,4-5,11-15,19H2,1-3H3,(H,36,38,43);3-6,9,13-15,17,26,31H,1-2,7-8,10-12,16H2,(H,32,34,38)/t29-;26-/m11/s1. The zero-order valence-corrected chi connectivity index (χ0v) is 49.9. The Balaban J connectivity index is 0.000000163. The van der Waals surface area contributed by atoms with Crippen LogP contribution in [0.1, 0.15) is 100 Å². The molecule has 0 unspecified atom stereocenters. The van der Waals surface area contributed by atoms with Crippen LogP contribution in [0.2, 0.25) is 0 Å². The van der Waals surface area contributed by atoms with Crippen molar-refractivity contribution in [2.45, 2.75) is 90.3 Å². The van der Waals surface area contributed by atoms with E-state index < -0.39 is 47.0 Å². The molecule has 10 heterocycles. The van der Waals surface area contributed by atoms with E-state index in [1.165, 1.54) is 44.6 Å². The highest BCUT2D eigenvalue weighted by Gasteiger charge is 2.44. The highest BCUT2D eigenvalue weighted by atomic mass is 32.1. The van der Waals surface area contributed by atoms with E-state index in [1.807, 2.05) is 78.4 Å². The molecular weight excluding hydrogens is 1150 g/mol. The Bertz CT molecular complexity index is 3910. The Morgan fingerprint density at radius 3 is 1.46 bits per heavy atom. The van der Waals surface area contributed by atoms with Gasteiger partial charge in [0.25, 0.3) is 23.6 Å². The SMILES string of the molecule is CC(C)(C)OC(=O)N1CCN(c2ccc(-c3cc(F)c4c(c3)C(=O)N([C@@H](C(=O)Nc3nccs3)c3ncn5c3CCC5)C4)cc2)CC1.O=C(Nc1nccs1)[C@@H](c1ncn2c1CCC2)N1Cc2c(F)cc(-c3ccc(N4CCNCC4)cc3)cc2C1=O. The lowest BCUT2D eigenvalue weighted by molar-refractivity contribution is -0.121. The minimum atomic E-state index is -1.04. The summed E-state index contributed by atoms with van der Waals surface area (Å²) >= 11 is 2.58. The quantitative estimate of drug-likeness (QED) is 0.104. The maximum absolute atomic E-state index is 15.7. The molecule has 24 heteroatoms. The number of thiazole rings is 2. The van der Waals surface area contributed by atoms with E-state index in [4.69, 9.17) is 4.74 Å². The van der Waals surface area contributed by atoms with Crippen LogP contribution in [0.5, 0.6) is 0 Å². The summed E-state index contributed by atoms with van der Waals surface area (Å²) in [6, 6.07) is 20.1. The number of aryl methyl sites for hydroxylation is 2. The van der Waals surface area contributed by atoms with Crippen LogP contribution in [0.15, 0.2) is 109 Å². The number of imidazole rings is 2. The summed E-state index contributed by atoms with van der Waals surface area (Å²) in [5.74, 6) is -2.59. The predicted molar refractivity (Wildman–Crippen MR) is 327 cm³/mol. The van der Waals surface area contributed by atoms with Gasteiger partial charge in [-0.1, -0.05) is 24.3 Å². The van der Waals surface area contributed by atoms with Gasteiger partial charge in [0, 0.05) is 134 Å². The van der Waals surface area contributed by atoms with Crippen LogP contribution >= 0.6 is 22.7 Å². The molecule has 0 aliphatic carbocycles. The van der Waals surface area contributed by atoms with E-state index in [-0.39, 0.29) is 41.8 Å². The van der Waals surface area contributed by atoms with E-state index in [0.29, 0.717) is 64.5 Å². The van der Waals surface area contributed by atoms with Crippen molar-refractivity contribution in [1.82, 2.24) is 49.1 Å². The fourth-order valence-corrected chi connectivity index (χ4v) is 13.5. The first-order valence-electron chi connectivity index (χ1n) is 29.3. The van der Waals surface area contributed by atoms with Crippen molar-refractivity contribution < 1.29 is 37.5 Å². The summed E-state index contributed by atoms with van der Waals surface area (Å²) in [4.78, 5) is 94.2. The van der Waals surface area contributed by atoms with Crippen LogP contribution in [-0.2, 0) is 53.3 Å². The summed E-state index contributed by atoms with van der Waals surface area (Å²) in [5, 5.41) is 13.4. The highest BCUT2D eigenvalue weighted by Crippen LogP contribution is 2.41. The molecule has 2 atom stereocenters. The van der Waals surface area contributed by atoms with Gasteiger partial charge in [-0.25, -0.2) is 33.5 Å². The second-order valence-corrected chi connectivity index (χ2v) is 25.1. The summed E-state index contributed by atoms with van der Waals surface area (Å²) < 4.78 is 40.8. The molecule has 20 nitrogen and oxygen atoms in total. The third-order valence-corrected chi connectivity index (χ3v) is 18.1. The van der Waals surface area contributed by atoms with Gasteiger partial charge in [-0.15, -0.1) is 22.7 Å². The fourth-order valence-electron chi connectivity index (χ4n) is 12.5.